The van der Waals surface area contributed by atoms with Gasteiger partial charge in [0.05, 0.1) is 19.8 Å². The van der Waals surface area contributed by atoms with E-state index in [1.165, 1.54) is 0 Å². The van der Waals surface area contributed by atoms with Crippen molar-refractivity contribution in [3.63, 3.8) is 0 Å². The minimum atomic E-state index is -1.88. The molecule has 0 aromatic rings. The normalized spacial score (nSPS) is 27.3. The summed E-state index contributed by atoms with van der Waals surface area (Å²) in [6.45, 7) is 4.73. The molecular formula is C6H10O4P. The molecule has 1 saturated heterocycles. The standard InChI is InChI=1S/C6H10O4P/c1-2-3-8-4-6-5-9-11(7)10-6/h2,6H,1,3-5H2. The summed E-state index contributed by atoms with van der Waals surface area (Å²) in [6, 6.07) is 0. The maximum absolute atomic E-state index is 10.5. The average molecular weight is 177 g/mol. The van der Waals surface area contributed by atoms with Gasteiger partial charge in [-0.15, -0.1) is 6.58 Å². The third-order valence-corrected chi connectivity index (χ3v) is 1.97. The van der Waals surface area contributed by atoms with E-state index in [-0.39, 0.29) is 6.10 Å². The van der Waals surface area contributed by atoms with Crippen LogP contribution in [0.15, 0.2) is 12.7 Å². The van der Waals surface area contributed by atoms with Gasteiger partial charge in [0.1, 0.15) is 6.10 Å². The van der Waals surface area contributed by atoms with Crippen LogP contribution in [0.5, 0.6) is 0 Å². The molecule has 1 aliphatic rings. The topological polar surface area (TPSA) is 44.8 Å². The van der Waals surface area contributed by atoms with Gasteiger partial charge in [-0.25, -0.2) is 4.57 Å². The Bertz CT molecular complexity index is 159. The molecule has 1 radical (unpaired) electrons. The van der Waals surface area contributed by atoms with Crippen LogP contribution in [0.1, 0.15) is 0 Å². The molecule has 0 aromatic carbocycles. The fraction of sp³-hybridized carbons (Fsp3) is 0.667. The lowest BCUT2D eigenvalue weighted by Gasteiger charge is -2.04. The summed E-state index contributed by atoms with van der Waals surface area (Å²) in [7, 11) is -1.88. The molecule has 1 heterocycles. The summed E-state index contributed by atoms with van der Waals surface area (Å²) in [5.41, 5.74) is 0. The summed E-state index contributed by atoms with van der Waals surface area (Å²) in [5.74, 6) is 0. The van der Waals surface area contributed by atoms with E-state index in [2.05, 4.69) is 11.1 Å². The molecular weight excluding hydrogens is 167 g/mol. The van der Waals surface area contributed by atoms with Crippen molar-refractivity contribution in [2.24, 2.45) is 0 Å². The lowest BCUT2D eigenvalue weighted by molar-refractivity contribution is 0.0765. The maximum atomic E-state index is 10.5. The smallest absolute Gasteiger partial charge is 0.369 e. The lowest BCUT2D eigenvalue weighted by atomic mass is 10.4. The Kier molecular flexibility index (Phi) is 3.66. The first-order valence-electron chi connectivity index (χ1n) is 3.28. The van der Waals surface area contributed by atoms with Crippen LogP contribution in [-0.4, -0.2) is 25.9 Å². The second-order valence-corrected chi connectivity index (χ2v) is 2.99. The first kappa shape index (κ1) is 8.81. The van der Waals surface area contributed by atoms with Crippen LogP contribution in [0.4, 0.5) is 0 Å². The molecule has 63 valence electrons. The fourth-order valence-corrected chi connectivity index (χ4v) is 1.40. The van der Waals surface area contributed by atoms with E-state index in [0.717, 1.165) is 0 Å². The predicted octanol–water partition coefficient (Wildman–Crippen LogP) is 1.26. The molecule has 0 saturated carbocycles. The van der Waals surface area contributed by atoms with Crippen LogP contribution < -0.4 is 0 Å². The van der Waals surface area contributed by atoms with Gasteiger partial charge in [0.15, 0.2) is 0 Å². The number of hydrogen-bond donors (Lipinski definition) is 0. The van der Waals surface area contributed by atoms with Crippen LogP contribution in [0.3, 0.4) is 0 Å². The lowest BCUT2D eigenvalue weighted by Crippen LogP contribution is -2.16. The van der Waals surface area contributed by atoms with Crippen molar-refractivity contribution < 1.29 is 18.3 Å². The van der Waals surface area contributed by atoms with Gasteiger partial charge >= 0.3 is 8.25 Å². The molecule has 1 aliphatic heterocycles. The van der Waals surface area contributed by atoms with Crippen LogP contribution in [0.25, 0.3) is 0 Å². The van der Waals surface area contributed by atoms with E-state index in [1.54, 1.807) is 6.08 Å². The Morgan fingerprint density at radius 2 is 2.64 bits per heavy atom. The molecule has 0 aromatic heterocycles. The van der Waals surface area contributed by atoms with E-state index in [1.807, 2.05) is 0 Å². The molecule has 0 bridgehead atoms. The van der Waals surface area contributed by atoms with Gasteiger partial charge in [-0.1, -0.05) is 6.08 Å². The van der Waals surface area contributed by atoms with Crippen molar-refractivity contribution in [1.82, 2.24) is 0 Å². The van der Waals surface area contributed by atoms with Crippen molar-refractivity contribution in [2.75, 3.05) is 19.8 Å². The summed E-state index contributed by atoms with van der Waals surface area (Å²) >= 11 is 0. The highest BCUT2D eigenvalue weighted by molar-refractivity contribution is 7.33. The zero-order valence-corrected chi connectivity index (χ0v) is 6.96. The van der Waals surface area contributed by atoms with Crippen molar-refractivity contribution in [3.8, 4) is 0 Å². The molecule has 4 nitrogen and oxygen atoms in total. The minimum Gasteiger partial charge on any atom is -0.375 e. The summed E-state index contributed by atoms with van der Waals surface area (Å²) in [6.07, 6.45) is 1.47. The Morgan fingerprint density at radius 1 is 1.82 bits per heavy atom. The van der Waals surface area contributed by atoms with Crippen molar-refractivity contribution in [3.05, 3.63) is 12.7 Å². The minimum absolute atomic E-state index is 0.182. The fourth-order valence-electron chi connectivity index (χ4n) is 0.688. The van der Waals surface area contributed by atoms with E-state index in [4.69, 9.17) is 9.26 Å². The molecule has 0 amide bonds. The van der Waals surface area contributed by atoms with Crippen LogP contribution >= 0.6 is 8.25 Å². The first-order valence-corrected chi connectivity index (χ1v) is 4.38. The van der Waals surface area contributed by atoms with E-state index >= 15 is 0 Å². The molecule has 11 heavy (non-hydrogen) atoms. The largest absolute Gasteiger partial charge is 0.375 e. The number of rotatable bonds is 4. The van der Waals surface area contributed by atoms with Gasteiger partial charge in [-0.05, 0) is 0 Å². The maximum Gasteiger partial charge on any atom is 0.369 e. The van der Waals surface area contributed by atoms with E-state index < -0.39 is 8.25 Å². The zero-order chi connectivity index (χ0) is 8.10. The zero-order valence-electron chi connectivity index (χ0n) is 6.06. The highest BCUT2D eigenvalue weighted by atomic mass is 31.1. The van der Waals surface area contributed by atoms with Gasteiger partial charge in [-0.3, -0.25) is 9.05 Å². The summed E-state index contributed by atoms with van der Waals surface area (Å²) < 4.78 is 25.1. The van der Waals surface area contributed by atoms with Crippen molar-refractivity contribution in [2.45, 2.75) is 6.10 Å². The van der Waals surface area contributed by atoms with Gasteiger partial charge in [0.2, 0.25) is 0 Å². The summed E-state index contributed by atoms with van der Waals surface area (Å²) in [5, 5.41) is 0. The van der Waals surface area contributed by atoms with E-state index in [9.17, 15) is 4.57 Å². The monoisotopic (exact) mass is 177 g/mol. The van der Waals surface area contributed by atoms with Gasteiger partial charge in [-0.2, -0.15) is 0 Å². The molecule has 1 fully saturated rings. The number of ether oxygens (including phenoxy) is 1. The van der Waals surface area contributed by atoms with Crippen molar-refractivity contribution >= 4 is 8.25 Å². The van der Waals surface area contributed by atoms with Crippen LogP contribution in [0, 0.1) is 0 Å². The third kappa shape index (κ3) is 3.08. The Balaban J connectivity index is 2.08. The molecule has 2 atom stereocenters. The van der Waals surface area contributed by atoms with Gasteiger partial charge < -0.3 is 4.74 Å². The molecule has 5 heteroatoms. The molecule has 0 N–H and O–H groups in total. The second kappa shape index (κ2) is 4.57. The van der Waals surface area contributed by atoms with Crippen molar-refractivity contribution in [1.29, 1.82) is 0 Å². The summed E-state index contributed by atoms with van der Waals surface area (Å²) in [4.78, 5) is 0. The average Bonchev–Trinajstić information content (AvgIpc) is 2.37. The Morgan fingerprint density at radius 3 is 3.18 bits per heavy atom. The van der Waals surface area contributed by atoms with Crippen LogP contribution in [-0.2, 0) is 18.3 Å². The van der Waals surface area contributed by atoms with Gasteiger partial charge in [0.25, 0.3) is 0 Å². The van der Waals surface area contributed by atoms with Gasteiger partial charge in [0, 0.05) is 0 Å². The highest BCUT2D eigenvalue weighted by Gasteiger charge is 2.23. The quantitative estimate of drug-likeness (QED) is 0.368. The van der Waals surface area contributed by atoms with Crippen LogP contribution in [0.2, 0.25) is 0 Å². The third-order valence-electron chi connectivity index (χ3n) is 1.14. The molecule has 0 spiro atoms. The molecule has 1 rings (SSSR count). The Hall–Kier alpha value is -0.280. The highest BCUT2D eigenvalue weighted by Crippen LogP contribution is 2.33. The molecule has 2 unspecified atom stereocenters. The SMILES string of the molecule is C=CCOCC1CO[P](=O)O1. The van der Waals surface area contributed by atoms with E-state index in [0.29, 0.717) is 19.8 Å². The molecule has 0 aliphatic carbocycles. The first-order chi connectivity index (χ1) is 5.33. The second-order valence-electron chi connectivity index (χ2n) is 2.07. The Labute approximate surface area is 66.1 Å². The number of hydrogen-bond acceptors (Lipinski definition) is 4. The predicted molar refractivity (Wildman–Crippen MR) is 39.4 cm³/mol.